The van der Waals surface area contributed by atoms with Gasteiger partial charge in [-0.3, -0.25) is 4.79 Å². The molecule has 32 heavy (non-hydrogen) atoms. The molecule has 4 aromatic rings. The molecular formula is C21H16F4N6O. The number of carbonyl (C=O) groups excluding carboxylic acids is 1. The van der Waals surface area contributed by atoms with Crippen LogP contribution in [0.5, 0.6) is 0 Å². The van der Waals surface area contributed by atoms with Crippen molar-refractivity contribution in [3.63, 3.8) is 0 Å². The summed E-state index contributed by atoms with van der Waals surface area (Å²) in [6.07, 6.45) is -1.75. The number of nitrogens with zero attached hydrogens (tertiary/aromatic N) is 6. The predicted octanol–water partition coefficient (Wildman–Crippen LogP) is 3.88. The molecule has 0 aliphatic rings. The van der Waals surface area contributed by atoms with Gasteiger partial charge in [-0.05, 0) is 30.3 Å². The molecule has 0 spiro atoms. The second kappa shape index (κ2) is 8.25. The molecule has 0 saturated carbocycles. The Morgan fingerprint density at radius 1 is 1.06 bits per heavy atom. The van der Waals surface area contributed by atoms with E-state index in [0.29, 0.717) is 10.2 Å². The number of hydrogen-bond donors (Lipinski definition) is 0. The fraction of sp³-hybridized carbons (Fsp3) is 0.143. The van der Waals surface area contributed by atoms with Gasteiger partial charge in [0.1, 0.15) is 5.82 Å². The Kier molecular flexibility index (Phi) is 5.47. The van der Waals surface area contributed by atoms with Gasteiger partial charge in [0.2, 0.25) is 0 Å². The van der Waals surface area contributed by atoms with Crippen LogP contribution in [-0.4, -0.2) is 42.6 Å². The molecule has 4 rings (SSSR count). The van der Waals surface area contributed by atoms with Gasteiger partial charge >= 0.3 is 6.18 Å². The fourth-order valence-electron chi connectivity index (χ4n) is 3.16. The number of aromatic nitrogens is 5. The standard InChI is InChI=1S/C21H16F4N6O/c1-29(12-14-11-26-30(13-14)16-7-3-2-4-8-16)20(32)18-19(21(23,24)25)31(28-27-18)17-9-5-6-15(22)10-17/h2-11,13H,12H2,1H3. The number of carbonyl (C=O) groups is 1. The quantitative estimate of drug-likeness (QED) is 0.438. The van der Waals surface area contributed by atoms with Crippen molar-refractivity contribution >= 4 is 5.91 Å². The summed E-state index contributed by atoms with van der Waals surface area (Å²) in [4.78, 5) is 13.9. The Labute approximate surface area is 179 Å². The summed E-state index contributed by atoms with van der Waals surface area (Å²) >= 11 is 0. The van der Waals surface area contributed by atoms with Gasteiger partial charge in [-0.1, -0.05) is 29.5 Å². The first-order chi connectivity index (χ1) is 15.2. The van der Waals surface area contributed by atoms with Gasteiger partial charge in [-0.15, -0.1) is 5.10 Å². The molecule has 0 unspecified atom stereocenters. The van der Waals surface area contributed by atoms with Crippen LogP contribution in [0.15, 0.2) is 67.0 Å². The summed E-state index contributed by atoms with van der Waals surface area (Å²) in [6.45, 7) is -0.00418. The van der Waals surface area contributed by atoms with Crippen LogP contribution in [0.1, 0.15) is 21.7 Å². The van der Waals surface area contributed by atoms with Crippen LogP contribution >= 0.6 is 0 Å². The van der Waals surface area contributed by atoms with E-state index in [4.69, 9.17) is 0 Å². The van der Waals surface area contributed by atoms with Crippen LogP contribution in [0, 0.1) is 5.82 Å². The highest BCUT2D eigenvalue weighted by Gasteiger charge is 2.42. The molecule has 0 saturated heterocycles. The predicted molar refractivity (Wildman–Crippen MR) is 106 cm³/mol. The van der Waals surface area contributed by atoms with E-state index in [0.717, 1.165) is 22.7 Å². The maximum atomic E-state index is 13.8. The lowest BCUT2D eigenvalue weighted by Gasteiger charge is -2.16. The smallest absolute Gasteiger partial charge is 0.336 e. The summed E-state index contributed by atoms with van der Waals surface area (Å²) in [5.41, 5.74) is -1.05. The minimum atomic E-state index is -4.94. The van der Waals surface area contributed by atoms with Crippen molar-refractivity contribution in [3.05, 3.63) is 89.8 Å². The average Bonchev–Trinajstić information content (AvgIpc) is 3.41. The van der Waals surface area contributed by atoms with E-state index in [1.54, 1.807) is 10.9 Å². The number of alkyl halides is 3. The molecule has 0 aliphatic heterocycles. The van der Waals surface area contributed by atoms with E-state index in [2.05, 4.69) is 15.4 Å². The lowest BCUT2D eigenvalue weighted by atomic mass is 10.2. The van der Waals surface area contributed by atoms with E-state index < -0.39 is 29.3 Å². The number of para-hydroxylation sites is 1. The van der Waals surface area contributed by atoms with Gasteiger partial charge < -0.3 is 4.90 Å². The van der Waals surface area contributed by atoms with Crippen molar-refractivity contribution in [3.8, 4) is 11.4 Å². The van der Waals surface area contributed by atoms with Gasteiger partial charge in [0.25, 0.3) is 5.91 Å². The number of halogens is 4. The summed E-state index contributed by atoms with van der Waals surface area (Å²) < 4.78 is 56.9. The third kappa shape index (κ3) is 4.22. The van der Waals surface area contributed by atoms with E-state index in [-0.39, 0.29) is 12.2 Å². The first-order valence-corrected chi connectivity index (χ1v) is 9.37. The van der Waals surface area contributed by atoms with Gasteiger partial charge in [0, 0.05) is 25.4 Å². The molecular weight excluding hydrogens is 428 g/mol. The molecule has 2 heterocycles. The molecule has 1 amide bonds. The molecule has 0 radical (unpaired) electrons. The maximum absolute atomic E-state index is 13.8. The van der Waals surface area contributed by atoms with E-state index >= 15 is 0 Å². The average molecular weight is 444 g/mol. The molecule has 0 N–H and O–H groups in total. The van der Waals surface area contributed by atoms with Crippen molar-refractivity contribution in [2.24, 2.45) is 0 Å². The number of hydrogen-bond acceptors (Lipinski definition) is 4. The monoisotopic (exact) mass is 444 g/mol. The maximum Gasteiger partial charge on any atom is 0.435 e. The Hall–Kier alpha value is -4.02. The van der Waals surface area contributed by atoms with Crippen LogP contribution in [0.25, 0.3) is 11.4 Å². The van der Waals surface area contributed by atoms with Crippen LogP contribution < -0.4 is 0 Å². The van der Waals surface area contributed by atoms with Crippen LogP contribution in [0.4, 0.5) is 17.6 Å². The van der Waals surface area contributed by atoms with Crippen molar-refractivity contribution < 1.29 is 22.4 Å². The van der Waals surface area contributed by atoms with Crippen molar-refractivity contribution in [2.45, 2.75) is 12.7 Å². The zero-order valence-corrected chi connectivity index (χ0v) is 16.7. The highest BCUT2D eigenvalue weighted by Crippen LogP contribution is 2.33. The van der Waals surface area contributed by atoms with Crippen molar-refractivity contribution in [1.82, 2.24) is 29.7 Å². The zero-order chi connectivity index (χ0) is 22.9. The first-order valence-electron chi connectivity index (χ1n) is 9.37. The molecule has 164 valence electrons. The Bertz CT molecular complexity index is 1250. The number of amides is 1. The molecule has 7 nitrogen and oxygen atoms in total. The number of rotatable bonds is 5. The highest BCUT2D eigenvalue weighted by molar-refractivity contribution is 5.93. The largest absolute Gasteiger partial charge is 0.435 e. The second-order valence-corrected chi connectivity index (χ2v) is 6.97. The van der Waals surface area contributed by atoms with Gasteiger partial charge in [0.05, 0.1) is 17.6 Å². The van der Waals surface area contributed by atoms with E-state index in [1.807, 2.05) is 30.3 Å². The normalized spacial score (nSPS) is 11.5. The first kappa shape index (κ1) is 21.2. The van der Waals surface area contributed by atoms with Crippen LogP contribution in [0.2, 0.25) is 0 Å². The lowest BCUT2D eigenvalue weighted by molar-refractivity contribution is -0.143. The topological polar surface area (TPSA) is 68.8 Å². The van der Waals surface area contributed by atoms with E-state index in [1.165, 1.54) is 25.4 Å². The van der Waals surface area contributed by atoms with Crippen LogP contribution in [-0.2, 0) is 12.7 Å². The Morgan fingerprint density at radius 2 is 1.78 bits per heavy atom. The molecule has 11 heteroatoms. The Morgan fingerprint density at radius 3 is 2.47 bits per heavy atom. The van der Waals surface area contributed by atoms with Crippen LogP contribution in [0.3, 0.4) is 0 Å². The number of benzene rings is 2. The van der Waals surface area contributed by atoms with Crippen molar-refractivity contribution in [2.75, 3.05) is 7.05 Å². The summed E-state index contributed by atoms with van der Waals surface area (Å²) in [5, 5.41) is 11.1. The minimum absolute atomic E-state index is 0.00418. The van der Waals surface area contributed by atoms with Crippen molar-refractivity contribution in [1.29, 1.82) is 0 Å². The highest BCUT2D eigenvalue weighted by atomic mass is 19.4. The molecule has 2 aromatic heterocycles. The lowest BCUT2D eigenvalue weighted by Crippen LogP contribution is -2.29. The molecule has 0 aliphatic carbocycles. The SMILES string of the molecule is CN(Cc1cnn(-c2ccccc2)c1)C(=O)c1nnn(-c2cccc(F)c2)c1C(F)(F)F. The van der Waals surface area contributed by atoms with Gasteiger partial charge in [-0.2, -0.15) is 18.3 Å². The Balaban J connectivity index is 1.61. The van der Waals surface area contributed by atoms with Gasteiger partial charge in [-0.25, -0.2) is 13.8 Å². The third-order valence-electron chi connectivity index (χ3n) is 4.62. The van der Waals surface area contributed by atoms with Gasteiger partial charge in [0.15, 0.2) is 11.4 Å². The molecule has 0 fully saturated rings. The molecule has 2 aromatic carbocycles. The second-order valence-electron chi connectivity index (χ2n) is 6.97. The zero-order valence-electron chi connectivity index (χ0n) is 16.7. The summed E-state index contributed by atoms with van der Waals surface area (Å²) in [5.74, 6) is -1.72. The minimum Gasteiger partial charge on any atom is -0.336 e. The molecule has 0 bridgehead atoms. The summed E-state index contributed by atoms with van der Waals surface area (Å²) in [7, 11) is 1.35. The summed E-state index contributed by atoms with van der Waals surface area (Å²) in [6, 6.07) is 13.7. The third-order valence-corrected chi connectivity index (χ3v) is 4.62. The van der Waals surface area contributed by atoms with E-state index in [9.17, 15) is 22.4 Å². The molecule has 0 atom stereocenters. The fourth-order valence-corrected chi connectivity index (χ4v) is 3.16.